The quantitative estimate of drug-likeness (QED) is 0.667. The van der Waals surface area contributed by atoms with Crippen LogP contribution in [-0.2, 0) is 24.2 Å². The molecule has 1 aliphatic carbocycles. The number of aryl methyl sites for hydroxylation is 1. The molecule has 5 heteroatoms. The summed E-state index contributed by atoms with van der Waals surface area (Å²) in [4.78, 5) is 20.5. The van der Waals surface area contributed by atoms with Gasteiger partial charge in [0, 0.05) is 5.56 Å². The van der Waals surface area contributed by atoms with E-state index in [1.54, 1.807) is 10.9 Å². The molecule has 0 aromatic carbocycles. The number of fused-ring (bicyclic) bond motifs is 1. The van der Waals surface area contributed by atoms with E-state index in [4.69, 9.17) is 5.90 Å². The average molecular weight is 195 g/mol. The van der Waals surface area contributed by atoms with Gasteiger partial charge in [0.15, 0.2) is 0 Å². The van der Waals surface area contributed by atoms with Gasteiger partial charge in [0.1, 0.15) is 0 Å². The van der Waals surface area contributed by atoms with Crippen molar-refractivity contribution in [2.45, 2.75) is 25.8 Å². The lowest BCUT2D eigenvalue weighted by atomic mass is 10.2. The summed E-state index contributed by atoms with van der Waals surface area (Å²) < 4.78 is 1.55. The van der Waals surface area contributed by atoms with Gasteiger partial charge in [-0.05, 0) is 19.3 Å². The first kappa shape index (κ1) is 9.36. The first-order valence-corrected chi connectivity index (χ1v) is 4.72. The lowest BCUT2D eigenvalue weighted by Crippen LogP contribution is -2.26. The van der Waals surface area contributed by atoms with Gasteiger partial charge >= 0.3 is 0 Å². The van der Waals surface area contributed by atoms with Crippen molar-refractivity contribution in [2.24, 2.45) is 5.90 Å². The Bertz CT molecular complexity index is 386. The fourth-order valence-electron chi connectivity index (χ4n) is 1.78. The highest BCUT2D eigenvalue weighted by Gasteiger charge is 2.16. The van der Waals surface area contributed by atoms with Crippen molar-refractivity contribution in [1.82, 2.24) is 9.55 Å². The van der Waals surface area contributed by atoms with Crippen molar-refractivity contribution in [1.29, 1.82) is 0 Å². The van der Waals surface area contributed by atoms with Crippen molar-refractivity contribution in [2.75, 3.05) is 6.61 Å². The van der Waals surface area contributed by atoms with E-state index < -0.39 is 0 Å². The van der Waals surface area contributed by atoms with Gasteiger partial charge in [-0.3, -0.25) is 9.36 Å². The minimum absolute atomic E-state index is 0.0598. The molecule has 0 radical (unpaired) electrons. The van der Waals surface area contributed by atoms with Crippen LogP contribution in [0.2, 0.25) is 0 Å². The highest BCUT2D eigenvalue weighted by atomic mass is 16.6. The van der Waals surface area contributed by atoms with E-state index in [2.05, 4.69) is 9.82 Å². The number of nitrogens with zero attached hydrogens (tertiary/aromatic N) is 2. The van der Waals surface area contributed by atoms with Gasteiger partial charge in [0.25, 0.3) is 5.56 Å². The first-order chi connectivity index (χ1) is 6.83. The van der Waals surface area contributed by atoms with Crippen LogP contribution in [0.3, 0.4) is 0 Å². The van der Waals surface area contributed by atoms with Crippen LogP contribution >= 0.6 is 0 Å². The summed E-state index contributed by atoms with van der Waals surface area (Å²) in [6.07, 6.45) is 4.39. The van der Waals surface area contributed by atoms with E-state index in [0.29, 0.717) is 13.2 Å². The van der Waals surface area contributed by atoms with Crippen LogP contribution in [0.1, 0.15) is 17.7 Å². The largest absolute Gasteiger partial charge is 0.303 e. The van der Waals surface area contributed by atoms with Crippen LogP contribution in [0.5, 0.6) is 0 Å². The van der Waals surface area contributed by atoms with Crippen molar-refractivity contribution in [3.8, 4) is 0 Å². The molecule has 0 aliphatic heterocycles. The Kier molecular flexibility index (Phi) is 2.60. The van der Waals surface area contributed by atoms with Crippen LogP contribution in [-0.4, -0.2) is 16.2 Å². The average Bonchev–Trinajstić information content (AvgIpc) is 2.66. The van der Waals surface area contributed by atoms with Crippen LogP contribution in [0.15, 0.2) is 11.1 Å². The highest BCUT2D eigenvalue weighted by Crippen LogP contribution is 2.14. The monoisotopic (exact) mass is 195 g/mol. The van der Waals surface area contributed by atoms with Crippen LogP contribution in [0, 0.1) is 0 Å². The number of hydrogen-bond donors (Lipinski definition) is 1. The second-order valence-corrected chi connectivity index (χ2v) is 3.39. The molecule has 2 N–H and O–H groups in total. The van der Waals surface area contributed by atoms with Crippen molar-refractivity contribution >= 4 is 0 Å². The summed E-state index contributed by atoms with van der Waals surface area (Å²) in [6.45, 7) is 0.802. The van der Waals surface area contributed by atoms with Crippen molar-refractivity contribution in [3.05, 3.63) is 27.9 Å². The molecule has 0 spiro atoms. The minimum atomic E-state index is 0.0598. The molecule has 0 saturated carbocycles. The number of rotatable bonds is 3. The highest BCUT2D eigenvalue weighted by molar-refractivity contribution is 5.21. The topological polar surface area (TPSA) is 70.1 Å². The number of hydrogen-bond acceptors (Lipinski definition) is 4. The van der Waals surface area contributed by atoms with Gasteiger partial charge in [-0.15, -0.1) is 0 Å². The number of nitrogens with two attached hydrogens (primary N) is 1. The lowest BCUT2D eigenvalue weighted by molar-refractivity contribution is 0.128. The third kappa shape index (κ3) is 1.56. The molecule has 1 heterocycles. The van der Waals surface area contributed by atoms with Crippen LogP contribution < -0.4 is 11.5 Å². The van der Waals surface area contributed by atoms with Crippen LogP contribution in [0.25, 0.3) is 0 Å². The minimum Gasteiger partial charge on any atom is -0.303 e. The zero-order valence-corrected chi connectivity index (χ0v) is 7.90. The maximum Gasteiger partial charge on any atom is 0.256 e. The zero-order chi connectivity index (χ0) is 9.97. The standard InChI is InChI=1S/C9H13N3O2/c10-14-5-4-12-6-11-8-3-1-2-7(8)9(12)13/h6H,1-5,10H2. The van der Waals surface area contributed by atoms with E-state index in [9.17, 15) is 4.79 Å². The Morgan fingerprint density at radius 2 is 2.43 bits per heavy atom. The molecule has 5 nitrogen and oxygen atoms in total. The molecule has 0 bridgehead atoms. The van der Waals surface area contributed by atoms with Crippen molar-refractivity contribution in [3.63, 3.8) is 0 Å². The zero-order valence-electron chi connectivity index (χ0n) is 7.90. The summed E-state index contributed by atoms with van der Waals surface area (Å²) in [5.41, 5.74) is 1.88. The maximum absolute atomic E-state index is 11.8. The lowest BCUT2D eigenvalue weighted by Gasteiger charge is -2.05. The summed E-state index contributed by atoms with van der Waals surface area (Å²) in [5.74, 6) is 4.90. The Labute approximate surface area is 81.5 Å². The molecule has 0 unspecified atom stereocenters. The Morgan fingerprint density at radius 1 is 1.57 bits per heavy atom. The predicted molar refractivity (Wildman–Crippen MR) is 50.7 cm³/mol. The van der Waals surface area contributed by atoms with E-state index in [1.807, 2.05) is 0 Å². The molecule has 0 fully saturated rings. The van der Waals surface area contributed by atoms with Crippen LogP contribution in [0.4, 0.5) is 0 Å². The van der Waals surface area contributed by atoms with E-state index in [-0.39, 0.29) is 5.56 Å². The van der Waals surface area contributed by atoms with E-state index in [1.165, 1.54) is 0 Å². The Hall–Kier alpha value is -1.20. The second kappa shape index (κ2) is 3.89. The normalized spacial score (nSPS) is 14.4. The molecule has 1 aromatic heterocycles. The summed E-state index contributed by atoms with van der Waals surface area (Å²) in [5, 5.41) is 0. The maximum atomic E-state index is 11.8. The van der Waals surface area contributed by atoms with Gasteiger partial charge in [0.2, 0.25) is 0 Å². The van der Waals surface area contributed by atoms with Crippen molar-refractivity contribution < 1.29 is 4.84 Å². The molecule has 0 amide bonds. The molecule has 1 aliphatic rings. The van der Waals surface area contributed by atoms with Gasteiger partial charge in [-0.2, -0.15) is 0 Å². The predicted octanol–water partition coefficient (Wildman–Crippen LogP) is -0.378. The summed E-state index contributed by atoms with van der Waals surface area (Å²) >= 11 is 0. The molecule has 0 saturated heterocycles. The summed E-state index contributed by atoms with van der Waals surface area (Å²) in [7, 11) is 0. The third-order valence-corrected chi connectivity index (χ3v) is 2.51. The molecular weight excluding hydrogens is 182 g/mol. The summed E-state index contributed by atoms with van der Waals surface area (Å²) in [6, 6.07) is 0. The molecule has 76 valence electrons. The molecule has 0 atom stereocenters. The van der Waals surface area contributed by atoms with E-state index >= 15 is 0 Å². The SMILES string of the molecule is NOCCn1cnc2c(c1=O)CCC2. The fourth-order valence-corrected chi connectivity index (χ4v) is 1.78. The third-order valence-electron chi connectivity index (χ3n) is 2.51. The molecule has 14 heavy (non-hydrogen) atoms. The van der Waals surface area contributed by atoms with Gasteiger partial charge < -0.3 is 4.84 Å². The Morgan fingerprint density at radius 3 is 3.21 bits per heavy atom. The molecule has 2 rings (SSSR count). The van der Waals surface area contributed by atoms with Gasteiger partial charge in [-0.1, -0.05) is 0 Å². The smallest absolute Gasteiger partial charge is 0.256 e. The van der Waals surface area contributed by atoms with Gasteiger partial charge in [0.05, 0.1) is 25.2 Å². The molecule has 1 aromatic rings. The van der Waals surface area contributed by atoms with Gasteiger partial charge in [-0.25, -0.2) is 10.9 Å². The fraction of sp³-hybridized carbons (Fsp3) is 0.556. The van der Waals surface area contributed by atoms with E-state index in [0.717, 1.165) is 30.5 Å². The number of aromatic nitrogens is 2. The second-order valence-electron chi connectivity index (χ2n) is 3.39. The molecular formula is C9H13N3O2. The Balaban J connectivity index is 2.31. The first-order valence-electron chi connectivity index (χ1n) is 4.72.